The van der Waals surface area contributed by atoms with Gasteiger partial charge in [-0.25, -0.2) is 0 Å². The number of ketones is 1. The smallest absolute Gasteiger partial charge is 0.262 e. The first-order valence-electron chi connectivity index (χ1n) is 7.02. The molecule has 2 aromatic carbocycles. The highest BCUT2D eigenvalue weighted by molar-refractivity contribution is 6.12. The van der Waals surface area contributed by atoms with Gasteiger partial charge in [-0.2, -0.15) is 0 Å². The molecule has 0 saturated carbocycles. The van der Waals surface area contributed by atoms with Crippen molar-refractivity contribution in [1.29, 1.82) is 0 Å². The fourth-order valence-corrected chi connectivity index (χ4v) is 2.28. The molecule has 0 atom stereocenters. The van der Waals surface area contributed by atoms with E-state index in [-0.39, 0.29) is 24.2 Å². The van der Waals surface area contributed by atoms with Crippen molar-refractivity contribution < 1.29 is 19.1 Å². The van der Waals surface area contributed by atoms with E-state index in [2.05, 4.69) is 10.6 Å². The van der Waals surface area contributed by atoms with Crippen LogP contribution in [0.3, 0.4) is 0 Å². The maximum Gasteiger partial charge on any atom is 0.262 e. The number of Topliss-reactive ketones (excluding diaryl/α,β-unsaturated/α-hetero) is 1. The summed E-state index contributed by atoms with van der Waals surface area (Å²) in [5, 5.41) is 5.38. The first-order valence-corrected chi connectivity index (χ1v) is 7.02. The molecule has 1 heterocycles. The summed E-state index contributed by atoms with van der Waals surface area (Å²) in [6.45, 7) is 1.41. The van der Waals surface area contributed by atoms with E-state index in [1.54, 1.807) is 42.5 Å². The van der Waals surface area contributed by atoms with Crippen LogP contribution in [0.2, 0.25) is 0 Å². The SMILES string of the molecule is CC(=O)c1ccc(NC(=O)c2cccc3c2NC(=O)CO3)cc1. The Morgan fingerprint density at radius 1 is 1.13 bits per heavy atom. The molecule has 116 valence electrons. The van der Waals surface area contributed by atoms with E-state index in [1.165, 1.54) is 6.92 Å². The van der Waals surface area contributed by atoms with Gasteiger partial charge >= 0.3 is 0 Å². The zero-order valence-corrected chi connectivity index (χ0v) is 12.4. The van der Waals surface area contributed by atoms with Gasteiger partial charge in [0, 0.05) is 11.3 Å². The Hall–Kier alpha value is -3.15. The van der Waals surface area contributed by atoms with E-state index in [9.17, 15) is 14.4 Å². The second-order valence-corrected chi connectivity index (χ2v) is 5.10. The molecule has 23 heavy (non-hydrogen) atoms. The largest absolute Gasteiger partial charge is 0.482 e. The summed E-state index contributed by atoms with van der Waals surface area (Å²) in [5.41, 5.74) is 1.80. The summed E-state index contributed by atoms with van der Waals surface area (Å²) in [6.07, 6.45) is 0. The van der Waals surface area contributed by atoms with Gasteiger partial charge in [-0.3, -0.25) is 14.4 Å². The Morgan fingerprint density at radius 2 is 1.87 bits per heavy atom. The van der Waals surface area contributed by atoms with Crippen LogP contribution in [0.4, 0.5) is 11.4 Å². The number of fused-ring (bicyclic) bond motifs is 1. The van der Waals surface area contributed by atoms with Crippen molar-refractivity contribution in [2.24, 2.45) is 0 Å². The number of carbonyl (C=O) groups is 3. The zero-order chi connectivity index (χ0) is 16.4. The molecule has 3 rings (SSSR count). The number of para-hydroxylation sites is 1. The molecule has 0 fully saturated rings. The molecule has 1 aliphatic rings. The molecule has 6 heteroatoms. The highest BCUT2D eigenvalue weighted by Gasteiger charge is 2.22. The lowest BCUT2D eigenvalue weighted by Crippen LogP contribution is -2.27. The van der Waals surface area contributed by atoms with Gasteiger partial charge in [0.25, 0.3) is 11.8 Å². The minimum Gasteiger partial charge on any atom is -0.482 e. The molecule has 6 nitrogen and oxygen atoms in total. The molecule has 2 N–H and O–H groups in total. The average molecular weight is 310 g/mol. The Bertz CT molecular complexity index is 797. The van der Waals surface area contributed by atoms with Crippen molar-refractivity contribution in [3.05, 3.63) is 53.6 Å². The Morgan fingerprint density at radius 3 is 2.57 bits per heavy atom. The Labute approximate surface area is 132 Å². The number of hydrogen-bond donors (Lipinski definition) is 2. The number of ether oxygens (including phenoxy) is 1. The van der Waals surface area contributed by atoms with Crippen molar-refractivity contribution in [1.82, 2.24) is 0 Å². The summed E-state index contributed by atoms with van der Waals surface area (Å²) < 4.78 is 5.29. The molecule has 2 amide bonds. The molecule has 0 aliphatic carbocycles. The minimum absolute atomic E-state index is 0.0418. The third kappa shape index (κ3) is 3.06. The van der Waals surface area contributed by atoms with E-state index in [4.69, 9.17) is 4.74 Å². The van der Waals surface area contributed by atoms with Crippen LogP contribution in [0.15, 0.2) is 42.5 Å². The summed E-state index contributed by atoms with van der Waals surface area (Å²) >= 11 is 0. The van der Waals surface area contributed by atoms with Crippen molar-refractivity contribution in [2.45, 2.75) is 6.92 Å². The number of nitrogens with one attached hydrogen (secondary N) is 2. The summed E-state index contributed by atoms with van der Waals surface area (Å²) in [7, 11) is 0. The van der Waals surface area contributed by atoms with E-state index in [1.807, 2.05) is 0 Å². The van der Waals surface area contributed by atoms with Crippen LogP contribution in [0, 0.1) is 0 Å². The number of anilines is 2. The van der Waals surface area contributed by atoms with Crippen LogP contribution in [0.1, 0.15) is 27.6 Å². The topological polar surface area (TPSA) is 84.5 Å². The van der Waals surface area contributed by atoms with E-state index >= 15 is 0 Å². The number of benzene rings is 2. The molecule has 1 aliphatic heterocycles. The molecule has 0 radical (unpaired) electrons. The maximum absolute atomic E-state index is 12.4. The average Bonchev–Trinajstić information content (AvgIpc) is 2.54. The second kappa shape index (κ2) is 5.92. The van der Waals surface area contributed by atoms with Crippen LogP contribution < -0.4 is 15.4 Å². The Balaban J connectivity index is 1.84. The van der Waals surface area contributed by atoms with Gasteiger partial charge in [0.05, 0.1) is 11.3 Å². The van der Waals surface area contributed by atoms with Gasteiger partial charge in [0.2, 0.25) is 0 Å². The van der Waals surface area contributed by atoms with Crippen LogP contribution in [-0.4, -0.2) is 24.2 Å². The van der Waals surface area contributed by atoms with Gasteiger partial charge in [0.1, 0.15) is 5.75 Å². The lowest BCUT2D eigenvalue weighted by atomic mass is 10.1. The normalized spacial score (nSPS) is 12.7. The van der Waals surface area contributed by atoms with Gasteiger partial charge in [0.15, 0.2) is 12.4 Å². The lowest BCUT2D eigenvalue weighted by Gasteiger charge is -2.20. The van der Waals surface area contributed by atoms with Gasteiger partial charge in [-0.15, -0.1) is 0 Å². The van der Waals surface area contributed by atoms with Crippen molar-refractivity contribution in [3.8, 4) is 5.75 Å². The van der Waals surface area contributed by atoms with Gasteiger partial charge < -0.3 is 15.4 Å². The third-order valence-electron chi connectivity index (χ3n) is 3.44. The van der Waals surface area contributed by atoms with Crippen LogP contribution in [0.25, 0.3) is 0 Å². The first kappa shape index (κ1) is 14.8. The van der Waals surface area contributed by atoms with Crippen LogP contribution in [-0.2, 0) is 4.79 Å². The minimum atomic E-state index is -0.372. The number of hydrogen-bond acceptors (Lipinski definition) is 4. The summed E-state index contributed by atoms with van der Waals surface area (Å²) in [6, 6.07) is 11.6. The van der Waals surface area contributed by atoms with E-state index in [0.29, 0.717) is 28.3 Å². The molecule has 0 saturated heterocycles. The number of rotatable bonds is 3. The molecular formula is C17H14N2O4. The van der Waals surface area contributed by atoms with Crippen molar-refractivity contribution >= 4 is 29.0 Å². The molecule has 0 unspecified atom stereocenters. The summed E-state index contributed by atoms with van der Waals surface area (Å²) in [5.74, 6) is -0.254. The summed E-state index contributed by atoms with van der Waals surface area (Å²) in [4.78, 5) is 35.1. The van der Waals surface area contributed by atoms with E-state index < -0.39 is 0 Å². The van der Waals surface area contributed by atoms with Gasteiger partial charge in [-0.05, 0) is 43.3 Å². The van der Waals surface area contributed by atoms with Crippen molar-refractivity contribution in [3.63, 3.8) is 0 Å². The van der Waals surface area contributed by atoms with Crippen LogP contribution >= 0.6 is 0 Å². The first-order chi connectivity index (χ1) is 11.0. The zero-order valence-electron chi connectivity index (χ0n) is 12.4. The monoisotopic (exact) mass is 310 g/mol. The fraction of sp³-hybridized carbons (Fsp3) is 0.118. The second-order valence-electron chi connectivity index (χ2n) is 5.10. The maximum atomic E-state index is 12.4. The van der Waals surface area contributed by atoms with Gasteiger partial charge in [-0.1, -0.05) is 6.07 Å². The molecule has 0 bridgehead atoms. The highest BCUT2D eigenvalue weighted by atomic mass is 16.5. The Kier molecular flexibility index (Phi) is 3.80. The predicted octanol–water partition coefficient (Wildman–Crippen LogP) is 2.47. The van der Waals surface area contributed by atoms with Crippen molar-refractivity contribution in [2.75, 3.05) is 17.2 Å². The molecule has 0 spiro atoms. The van der Waals surface area contributed by atoms with E-state index in [0.717, 1.165) is 0 Å². The molecule has 2 aromatic rings. The standard InChI is InChI=1S/C17H14N2O4/c1-10(20)11-5-7-12(8-6-11)18-17(22)13-3-2-4-14-16(13)19-15(21)9-23-14/h2-8H,9H2,1H3,(H,18,22)(H,19,21). The third-order valence-corrected chi connectivity index (χ3v) is 3.44. The molecule has 0 aromatic heterocycles. The predicted molar refractivity (Wildman–Crippen MR) is 85.0 cm³/mol. The lowest BCUT2D eigenvalue weighted by molar-refractivity contribution is -0.118. The number of carbonyl (C=O) groups excluding carboxylic acids is 3. The fourth-order valence-electron chi connectivity index (χ4n) is 2.28. The number of amides is 2. The van der Waals surface area contributed by atoms with Crippen LogP contribution in [0.5, 0.6) is 5.75 Å². The highest BCUT2D eigenvalue weighted by Crippen LogP contribution is 2.31. The quantitative estimate of drug-likeness (QED) is 0.853. The molecular weight excluding hydrogens is 296 g/mol.